The van der Waals surface area contributed by atoms with E-state index in [9.17, 15) is 4.79 Å². The number of aromatic amines is 1. The highest BCUT2D eigenvalue weighted by molar-refractivity contribution is 9.09. The topological polar surface area (TPSA) is 61.0 Å². The summed E-state index contributed by atoms with van der Waals surface area (Å²) in [6.07, 6.45) is 1.42. The first-order chi connectivity index (χ1) is 9.26. The van der Waals surface area contributed by atoms with Gasteiger partial charge in [-0.25, -0.2) is 4.98 Å². The lowest BCUT2D eigenvalue weighted by Crippen LogP contribution is -2.26. The zero-order valence-electron chi connectivity index (χ0n) is 10.6. The summed E-state index contributed by atoms with van der Waals surface area (Å²) in [5.41, 5.74) is 2.04. The minimum absolute atomic E-state index is 0.175. The maximum Gasteiger partial charge on any atom is 0.276 e. The molecule has 0 aliphatic heterocycles. The van der Waals surface area contributed by atoms with Gasteiger partial charge in [-0.2, -0.15) is 0 Å². The van der Waals surface area contributed by atoms with E-state index in [1.807, 2.05) is 35.2 Å². The van der Waals surface area contributed by atoms with E-state index in [1.165, 1.54) is 6.33 Å². The normalized spacial score (nSPS) is 10.2. The van der Waals surface area contributed by atoms with Crippen LogP contribution in [-0.4, -0.2) is 22.5 Å². The fourth-order valence-corrected chi connectivity index (χ4v) is 2.25. The van der Waals surface area contributed by atoms with Crippen LogP contribution in [0.2, 0.25) is 0 Å². The number of anilines is 2. The summed E-state index contributed by atoms with van der Waals surface area (Å²) in [6, 6.07) is 10.0. The van der Waals surface area contributed by atoms with Crippen LogP contribution in [0, 0.1) is 0 Å². The second kappa shape index (κ2) is 6.38. The van der Waals surface area contributed by atoms with Gasteiger partial charge in [0.15, 0.2) is 5.82 Å². The first kappa shape index (κ1) is 13.6. The van der Waals surface area contributed by atoms with Crippen LogP contribution in [0.25, 0.3) is 0 Å². The molecule has 2 rings (SSSR count). The number of alkyl halides is 1. The van der Waals surface area contributed by atoms with Crippen LogP contribution in [0.4, 0.5) is 11.5 Å². The fourth-order valence-electron chi connectivity index (χ4n) is 1.83. The van der Waals surface area contributed by atoms with E-state index in [-0.39, 0.29) is 5.56 Å². The van der Waals surface area contributed by atoms with Crippen molar-refractivity contribution in [1.82, 2.24) is 9.97 Å². The van der Waals surface area contributed by atoms with Gasteiger partial charge in [-0.1, -0.05) is 46.3 Å². The number of aromatic nitrogens is 2. The Morgan fingerprint density at radius 2 is 2.11 bits per heavy atom. The molecular weight excluding hydrogens is 308 g/mol. The molecule has 0 aliphatic carbocycles. The Bertz CT molecular complexity index is 585. The van der Waals surface area contributed by atoms with Crippen LogP contribution < -0.4 is 15.8 Å². The Morgan fingerprint density at radius 3 is 2.74 bits per heavy atom. The molecule has 2 N–H and O–H groups in total. The van der Waals surface area contributed by atoms with Crippen LogP contribution in [0.5, 0.6) is 0 Å². The summed E-state index contributed by atoms with van der Waals surface area (Å²) >= 11 is 3.44. The molecule has 100 valence electrons. The molecule has 0 amide bonds. The van der Waals surface area contributed by atoms with Crippen LogP contribution in [0.3, 0.4) is 0 Å². The molecule has 0 saturated carbocycles. The van der Waals surface area contributed by atoms with Crippen molar-refractivity contribution < 1.29 is 0 Å². The lowest BCUT2D eigenvalue weighted by atomic mass is 10.2. The molecule has 5 nitrogen and oxygen atoms in total. The molecule has 0 spiro atoms. The van der Waals surface area contributed by atoms with Gasteiger partial charge < -0.3 is 15.2 Å². The van der Waals surface area contributed by atoms with E-state index in [1.54, 1.807) is 7.05 Å². The van der Waals surface area contributed by atoms with Crippen molar-refractivity contribution >= 4 is 27.4 Å². The number of nitrogens with one attached hydrogen (secondary N) is 2. The summed E-state index contributed by atoms with van der Waals surface area (Å²) in [4.78, 5) is 20.5. The van der Waals surface area contributed by atoms with Crippen molar-refractivity contribution in [2.45, 2.75) is 6.54 Å². The summed E-state index contributed by atoms with van der Waals surface area (Å²) in [7, 11) is 1.71. The molecular formula is C13H15BrN4O. The van der Waals surface area contributed by atoms with Gasteiger partial charge in [-0.05, 0) is 5.56 Å². The van der Waals surface area contributed by atoms with Gasteiger partial charge in [0.05, 0.1) is 11.8 Å². The Kier molecular flexibility index (Phi) is 4.57. The second-order valence-electron chi connectivity index (χ2n) is 3.98. The molecule has 19 heavy (non-hydrogen) atoms. The van der Waals surface area contributed by atoms with Gasteiger partial charge in [-0.15, -0.1) is 0 Å². The van der Waals surface area contributed by atoms with E-state index < -0.39 is 0 Å². The SMILES string of the molecule is CNc1c(N(CBr)Cc2ccccc2)nc[nH]c1=O. The van der Waals surface area contributed by atoms with E-state index in [0.29, 0.717) is 23.5 Å². The Balaban J connectivity index is 2.32. The highest BCUT2D eigenvalue weighted by atomic mass is 79.9. The third kappa shape index (κ3) is 3.14. The molecule has 6 heteroatoms. The monoisotopic (exact) mass is 322 g/mol. The predicted molar refractivity (Wildman–Crippen MR) is 80.8 cm³/mol. The van der Waals surface area contributed by atoms with Crippen LogP contribution in [-0.2, 0) is 6.54 Å². The number of H-pyrrole nitrogens is 1. The Morgan fingerprint density at radius 1 is 1.37 bits per heavy atom. The molecule has 0 atom stereocenters. The van der Waals surface area contributed by atoms with E-state index in [2.05, 4.69) is 31.2 Å². The molecule has 1 heterocycles. The van der Waals surface area contributed by atoms with Crippen molar-refractivity contribution in [2.24, 2.45) is 0 Å². The number of halogens is 1. The maximum atomic E-state index is 11.7. The Labute approximate surface area is 119 Å². The fraction of sp³-hybridized carbons (Fsp3) is 0.231. The standard InChI is InChI=1S/C13H15BrN4O/c1-15-11-12(16-9-17-13(11)19)18(8-14)7-10-5-3-2-4-6-10/h2-6,9,15H,7-8H2,1H3,(H,16,17,19). The average molecular weight is 323 g/mol. The molecule has 0 fully saturated rings. The lowest BCUT2D eigenvalue weighted by molar-refractivity contribution is 0.876. The van der Waals surface area contributed by atoms with Gasteiger partial charge in [0, 0.05) is 13.6 Å². The van der Waals surface area contributed by atoms with Crippen molar-refractivity contribution in [1.29, 1.82) is 0 Å². The Hall–Kier alpha value is -1.82. The first-order valence-corrected chi connectivity index (χ1v) is 6.98. The molecule has 0 unspecified atom stereocenters. The van der Waals surface area contributed by atoms with E-state index in [0.717, 1.165) is 5.56 Å². The molecule has 1 aromatic carbocycles. The lowest BCUT2D eigenvalue weighted by Gasteiger charge is -2.22. The molecule has 2 aromatic rings. The second-order valence-corrected chi connectivity index (χ2v) is 4.48. The van der Waals surface area contributed by atoms with Crippen molar-refractivity contribution in [3.8, 4) is 0 Å². The zero-order valence-corrected chi connectivity index (χ0v) is 12.1. The number of hydrogen-bond donors (Lipinski definition) is 2. The van der Waals surface area contributed by atoms with Crippen molar-refractivity contribution in [3.63, 3.8) is 0 Å². The van der Waals surface area contributed by atoms with Gasteiger partial charge >= 0.3 is 0 Å². The van der Waals surface area contributed by atoms with Gasteiger partial charge in [-0.3, -0.25) is 4.79 Å². The molecule has 0 bridgehead atoms. The zero-order chi connectivity index (χ0) is 13.7. The smallest absolute Gasteiger partial charge is 0.276 e. The summed E-state index contributed by atoms with van der Waals surface area (Å²) in [5, 5.41) is 2.90. The van der Waals surface area contributed by atoms with Gasteiger partial charge in [0.25, 0.3) is 5.56 Å². The summed E-state index contributed by atoms with van der Waals surface area (Å²) < 4.78 is 0. The van der Waals surface area contributed by atoms with Crippen LogP contribution >= 0.6 is 15.9 Å². The molecule has 0 radical (unpaired) electrons. The quantitative estimate of drug-likeness (QED) is 0.654. The van der Waals surface area contributed by atoms with Crippen molar-refractivity contribution in [3.05, 3.63) is 52.6 Å². The predicted octanol–water partition coefficient (Wildman–Crippen LogP) is 2.17. The minimum Gasteiger partial charge on any atom is -0.381 e. The van der Waals surface area contributed by atoms with Crippen LogP contribution in [0.15, 0.2) is 41.5 Å². The summed E-state index contributed by atoms with van der Waals surface area (Å²) in [6.45, 7) is 0.678. The van der Waals surface area contributed by atoms with Gasteiger partial charge in [0.2, 0.25) is 0 Å². The number of nitrogens with zero attached hydrogens (tertiary/aromatic N) is 2. The third-order valence-corrected chi connectivity index (χ3v) is 3.35. The number of benzene rings is 1. The van der Waals surface area contributed by atoms with Crippen LogP contribution in [0.1, 0.15) is 5.56 Å². The molecule has 0 saturated heterocycles. The largest absolute Gasteiger partial charge is 0.381 e. The molecule has 1 aromatic heterocycles. The maximum absolute atomic E-state index is 11.7. The number of rotatable bonds is 5. The molecule has 0 aliphatic rings. The average Bonchev–Trinajstić information content (AvgIpc) is 2.45. The van der Waals surface area contributed by atoms with Crippen molar-refractivity contribution in [2.75, 3.05) is 22.7 Å². The third-order valence-electron chi connectivity index (χ3n) is 2.74. The minimum atomic E-state index is -0.175. The summed E-state index contributed by atoms with van der Waals surface area (Å²) in [5.74, 6) is 0.631. The van der Waals surface area contributed by atoms with E-state index in [4.69, 9.17) is 0 Å². The first-order valence-electron chi connectivity index (χ1n) is 5.86. The highest BCUT2D eigenvalue weighted by Gasteiger charge is 2.14. The van der Waals surface area contributed by atoms with Gasteiger partial charge in [0.1, 0.15) is 5.69 Å². The van der Waals surface area contributed by atoms with E-state index >= 15 is 0 Å². The highest BCUT2D eigenvalue weighted by Crippen LogP contribution is 2.21. The number of hydrogen-bond acceptors (Lipinski definition) is 4.